The molecular formula is C43H29NO. The molecular weight excluding hydrogens is 546 g/mol. The van der Waals surface area contributed by atoms with Crippen molar-refractivity contribution in [3.05, 3.63) is 143 Å². The third-order valence-electron chi connectivity index (χ3n) is 9.66. The minimum atomic E-state index is 0.677. The highest BCUT2D eigenvalue weighted by Crippen LogP contribution is 2.48. The van der Waals surface area contributed by atoms with Gasteiger partial charge in [0, 0.05) is 16.3 Å². The SMILES string of the molecule is N#Cc1ccc(-c2ccc(-c3c4c(c(-c5cccc6oc7c8c(ccc7c56)C=CCC8)c5ccccc35)CCC=C4)cc2)cc1. The lowest BCUT2D eigenvalue weighted by atomic mass is 9.79. The maximum Gasteiger partial charge on any atom is 0.139 e. The first-order valence-electron chi connectivity index (χ1n) is 15.8. The number of allylic oxidation sites excluding steroid dienone is 2. The Balaban J connectivity index is 1.28. The number of benzene rings is 6. The van der Waals surface area contributed by atoms with Crippen molar-refractivity contribution in [1.82, 2.24) is 0 Å². The van der Waals surface area contributed by atoms with E-state index in [1.54, 1.807) is 0 Å². The van der Waals surface area contributed by atoms with Gasteiger partial charge in [0.2, 0.25) is 0 Å². The Hall–Kier alpha value is -5.65. The molecule has 0 fully saturated rings. The van der Waals surface area contributed by atoms with Gasteiger partial charge >= 0.3 is 0 Å². The van der Waals surface area contributed by atoms with E-state index in [1.807, 2.05) is 24.3 Å². The number of hydrogen-bond donors (Lipinski definition) is 0. The normalized spacial score (nSPS) is 13.7. The van der Waals surface area contributed by atoms with E-state index >= 15 is 0 Å². The Bertz CT molecular complexity index is 2410. The minimum absolute atomic E-state index is 0.677. The molecule has 0 aliphatic heterocycles. The Morgan fingerprint density at radius 2 is 1.27 bits per heavy atom. The second kappa shape index (κ2) is 10.2. The fourth-order valence-corrected chi connectivity index (χ4v) is 7.59. The third-order valence-corrected chi connectivity index (χ3v) is 9.66. The molecule has 0 saturated carbocycles. The van der Waals surface area contributed by atoms with Crippen LogP contribution in [-0.2, 0) is 12.8 Å². The van der Waals surface area contributed by atoms with Gasteiger partial charge in [0.25, 0.3) is 0 Å². The van der Waals surface area contributed by atoms with Crippen molar-refractivity contribution >= 4 is 44.9 Å². The summed E-state index contributed by atoms with van der Waals surface area (Å²) in [5.74, 6) is 0. The van der Waals surface area contributed by atoms with E-state index in [2.05, 4.69) is 109 Å². The lowest BCUT2D eigenvalue weighted by molar-refractivity contribution is 0.661. The van der Waals surface area contributed by atoms with Crippen LogP contribution in [0.1, 0.15) is 40.7 Å². The zero-order valence-corrected chi connectivity index (χ0v) is 24.8. The molecule has 0 N–H and O–H groups in total. The average molecular weight is 576 g/mol. The van der Waals surface area contributed by atoms with Gasteiger partial charge in [0.15, 0.2) is 0 Å². The number of furan rings is 1. The topological polar surface area (TPSA) is 36.9 Å². The maximum absolute atomic E-state index is 9.21. The lowest BCUT2D eigenvalue weighted by Gasteiger charge is -2.24. The Kier molecular flexibility index (Phi) is 5.86. The Morgan fingerprint density at radius 3 is 2.04 bits per heavy atom. The first-order valence-corrected chi connectivity index (χ1v) is 15.8. The van der Waals surface area contributed by atoms with Crippen LogP contribution in [0.15, 0.2) is 120 Å². The Morgan fingerprint density at radius 1 is 0.578 bits per heavy atom. The van der Waals surface area contributed by atoms with Crippen molar-refractivity contribution in [2.75, 3.05) is 0 Å². The minimum Gasteiger partial charge on any atom is -0.456 e. The molecule has 0 amide bonds. The molecule has 0 unspecified atom stereocenters. The molecule has 6 aromatic carbocycles. The zero-order valence-electron chi connectivity index (χ0n) is 24.8. The molecule has 2 aliphatic rings. The van der Waals surface area contributed by atoms with Crippen molar-refractivity contribution < 1.29 is 4.42 Å². The van der Waals surface area contributed by atoms with E-state index < -0.39 is 0 Å². The molecule has 7 aromatic rings. The summed E-state index contributed by atoms with van der Waals surface area (Å²) in [7, 11) is 0. The van der Waals surface area contributed by atoms with Gasteiger partial charge in [0.05, 0.1) is 11.6 Å². The zero-order chi connectivity index (χ0) is 29.9. The van der Waals surface area contributed by atoms with E-state index in [9.17, 15) is 5.26 Å². The molecule has 212 valence electrons. The van der Waals surface area contributed by atoms with E-state index in [0.717, 1.165) is 48.0 Å². The van der Waals surface area contributed by atoms with Crippen molar-refractivity contribution in [2.24, 2.45) is 0 Å². The van der Waals surface area contributed by atoms with Crippen LogP contribution in [0, 0.1) is 11.3 Å². The van der Waals surface area contributed by atoms with Gasteiger partial charge in [-0.3, -0.25) is 0 Å². The van der Waals surface area contributed by atoms with E-state index in [1.165, 1.54) is 66.1 Å². The lowest BCUT2D eigenvalue weighted by Crippen LogP contribution is -2.02. The number of fused-ring (bicyclic) bond motifs is 7. The number of rotatable bonds is 3. The second-order valence-electron chi connectivity index (χ2n) is 12.1. The summed E-state index contributed by atoms with van der Waals surface area (Å²) in [6, 6.07) is 38.9. The molecule has 9 rings (SSSR count). The van der Waals surface area contributed by atoms with E-state index in [4.69, 9.17) is 4.42 Å². The summed E-state index contributed by atoms with van der Waals surface area (Å²) in [5.41, 5.74) is 15.3. The van der Waals surface area contributed by atoms with Crippen LogP contribution in [0.25, 0.3) is 78.2 Å². The van der Waals surface area contributed by atoms with Gasteiger partial charge in [0.1, 0.15) is 11.2 Å². The van der Waals surface area contributed by atoms with Crippen molar-refractivity contribution in [3.63, 3.8) is 0 Å². The molecule has 2 nitrogen and oxygen atoms in total. The highest BCUT2D eigenvalue weighted by molar-refractivity contribution is 6.19. The highest BCUT2D eigenvalue weighted by atomic mass is 16.3. The predicted molar refractivity (Wildman–Crippen MR) is 187 cm³/mol. The molecule has 0 bridgehead atoms. The molecule has 2 heteroatoms. The first kappa shape index (κ1) is 25.8. The van der Waals surface area contributed by atoms with Gasteiger partial charge in [-0.25, -0.2) is 0 Å². The van der Waals surface area contributed by atoms with Gasteiger partial charge in [-0.05, 0) is 111 Å². The molecule has 1 aromatic heterocycles. The first-order chi connectivity index (χ1) is 22.3. The quantitative estimate of drug-likeness (QED) is 0.210. The molecule has 1 heterocycles. The number of aryl methyl sites for hydroxylation is 1. The fraction of sp³-hybridized carbons (Fsp3) is 0.0930. The van der Waals surface area contributed by atoms with E-state index in [-0.39, 0.29) is 0 Å². The number of hydrogen-bond acceptors (Lipinski definition) is 2. The molecule has 0 radical (unpaired) electrons. The maximum atomic E-state index is 9.21. The standard InChI is InChI=1S/C43H29NO/c44-26-27-16-18-28(19-17-27)29-20-22-31(23-21-29)40-33-10-3-5-12-35(33)41(36-13-6-4-11-34(36)40)37-14-7-15-39-42(37)38-25-24-30-8-1-2-9-32(30)43(38)45-39/h1,3-5,7-8,10-12,14-25H,2,6,9,13H2. The molecule has 2 aliphatic carbocycles. The smallest absolute Gasteiger partial charge is 0.139 e. The van der Waals surface area contributed by atoms with Gasteiger partial charge in [-0.15, -0.1) is 0 Å². The molecule has 0 saturated heterocycles. The van der Waals surface area contributed by atoms with Crippen molar-refractivity contribution in [3.8, 4) is 39.4 Å². The Labute approximate surface area is 262 Å². The van der Waals surface area contributed by atoms with Crippen LogP contribution in [0.3, 0.4) is 0 Å². The largest absolute Gasteiger partial charge is 0.456 e. The summed E-state index contributed by atoms with van der Waals surface area (Å²) < 4.78 is 6.66. The van der Waals surface area contributed by atoms with Gasteiger partial charge in [-0.2, -0.15) is 5.26 Å². The second-order valence-corrected chi connectivity index (χ2v) is 12.1. The summed E-state index contributed by atoms with van der Waals surface area (Å²) in [4.78, 5) is 0. The number of nitrogens with zero attached hydrogens (tertiary/aromatic N) is 1. The van der Waals surface area contributed by atoms with E-state index in [0.29, 0.717) is 5.56 Å². The van der Waals surface area contributed by atoms with Crippen molar-refractivity contribution in [1.29, 1.82) is 5.26 Å². The number of nitriles is 1. The molecule has 0 atom stereocenters. The molecule has 0 spiro atoms. The van der Waals surface area contributed by atoms with Crippen molar-refractivity contribution in [2.45, 2.75) is 25.7 Å². The summed E-state index contributed by atoms with van der Waals surface area (Å²) >= 11 is 0. The average Bonchev–Trinajstić information content (AvgIpc) is 3.50. The van der Waals surface area contributed by atoms with Crippen LogP contribution >= 0.6 is 0 Å². The van der Waals surface area contributed by atoms with Gasteiger partial charge < -0.3 is 4.42 Å². The van der Waals surface area contributed by atoms with Crippen LogP contribution in [0.5, 0.6) is 0 Å². The summed E-state index contributed by atoms with van der Waals surface area (Å²) in [6.45, 7) is 0. The highest BCUT2D eigenvalue weighted by Gasteiger charge is 2.25. The van der Waals surface area contributed by atoms with Crippen LogP contribution < -0.4 is 0 Å². The summed E-state index contributed by atoms with van der Waals surface area (Å²) in [5, 5.41) is 14.2. The van der Waals surface area contributed by atoms with Crippen LogP contribution in [0.4, 0.5) is 0 Å². The van der Waals surface area contributed by atoms with Gasteiger partial charge in [-0.1, -0.05) is 103 Å². The molecule has 45 heavy (non-hydrogen) atoms. The third kappa shape index (κ3) is 4.01. The predicted octanol–water partition coefficient (Wildman–Crippen LogP) is 11.5. The summed E-state index contributed by atoms with van der Waals surface area (Å²) in [6.07, 6.45) is 13.2. The fourth-order valence-electron chi connectivity index (χ4n) is 7.59. The van der Waals surface area contributed by atoms with Crippen LogP contribution in [0.2, 0.25) is 0 Å². The van der Waals surface area contributed by atoms with Crippen LogP contribution in [-0.4, -0.2) is 0 Å². The monoisotopic (exact) mass is 575 g/mol.